The van der Waals surface area contributed by atoms with Crippen LogP contribution in [0.5, 0.6) is 0 Å². The van der Waals surface area contributed by atoms with Gasteiger partial charge in [0.05, 0.1) is 5.69 Å². The number of hydrogen-bond donors (Lipinski definition) is 1. The van der Waals surface area contributed by atoms with E-state index in [2.05, 4.69) is 0 Å². The average Bonchev–Trinajstić information content (AvgIpc) is 2.64. The predicted octanol–water partition coefficient (Wildman–Crippen LogP) is 2.18. The van der Waals surface area contributed by atoms with Crippen molar-refractivity contribution in [1.29, 1.82) is 0 Å². The summed E-state index contributed by atoms with van der Waals surface area (Å²) in [5.41, 5.74) is 1.74. The van der Waals surface area contributed by atoms with Crippen molar-refractivity contribution in [3.8, 4) is 0 Å². The van der Waals surface area contributed by atoms with Crippen LogP contribution < -0.4 is 4.90 Å². The lowest BCUT2D eigenvalue weighted by Gasteiger charge is -2.16. The number of nitrogens with zero attached hydrogens (tertiary/aromatic N) is 1. The number of amides is 1. The Bertz CT molecular complexity index is 587. The lowest BCUT2D eigenvalue weighted by Crippen LogP contribution is -2.28. The van der Waals surface area contributed by atoms with E-state index < -0.39 is 0 Å². The van der Waals surface area contributed by atoms with Gasteiger partial charge in [0, 0.05) is 24.1 Å². The van der Waals surface area contributed by atoms with Crippen LogP contribution in [0.15, 0.2) is 36.4 Å². The van der Waals surface area contributed by atoms with Gasteiger partial charge < -0.3 is 10.0 Å². The first kappa shape index (κ1) is 10.3. The molecule has 0 atom stereocenters. The second-order valence-electron chi connectivity index (χ2n) is 4.21. The highest BCUT2D eigenvalue weighted by Gasteiger charge is 2.28. The molecule has 0 bridgehead atoms. The second-order valence-corrected chi connectivity index (χ2v) is 4.21. The molecule has 0 fully saturated rings. The van der Waals surface area contributed by atoms with Gasteiger partial charge in [0.15, 0.2) is 0 Å². The monoisotopic (exact) mass is 227 g/mol. The van der Waals surface area contributed by atoms with Gasteiger partial charge in [0.2, 0.25) is 0 Å². The molecule has 0 saturated carbocycles. The van der Waals surface area contributed by atoms with Gasteiger partial charge in [-0.05, 0) is 23.9 Å². The van der Waals surface area contributed by atoms with Crippen LogP contribution in [0.3, 0.4) is 0 Å². The van der Waals surface area contributed by atoms with Gasteiger partial charge in [0.1, 0.15) is 0 Å². The van der Waals surface area contributed by atoms with Crippen LogP contribution in [0.2, 0.25) is 0 Å². The number of anilines is 1. The lowest BCUT2D eigenvalue weighted by molar-refractivity contribution is 0.0991. The maximum absolute atomic E-state index is 12.2. The number of aliphatic hydroxyl groups excluding tert-OH is 1. The first-order valence-electron chi connectivity index (χ1n) is 5.77. The Labute approximate surface area is 99.3 Å². The Hall–Kier alpha value is -1.87. The average molecular weight is 227 g/mol. The molecule has 0 spiro atoms. The first-order chi connectivity index (χ1) is 8.33. The molecule has 0 unspecified atom stereocenters. The van der Waals surface area contributed by atoms with Gasteiger partial charge in [-0.3, -0.25) is 4.79 Å². The molecular formula is C14H13NO2. The fraction of sp³-hybridized carbons (Fsp3) is 0.214. The minimum atomic E-state index is 0.0465. The third kappa shape index (κ3) is 1.43. The lowest BCUT2D eigenvalue weighted by atomic mass is 10.1. The molecule has 0 aromatic heterocycles. The van der Waals surface area contributed by atoms with Crippen LogP contribution in [0, 0.1) is 0 Å². The third-order valence-corrected chi connectivity index (χ3v) is 3.19. The molecule has 2 aromatic rings. The highest BCUT2D eigenvalue weighted by molar-refractivity contribution is 6.24. The summed E-state index contributed by atoms with van der Waals surface area (Å²) in [4.78, 5) is 14.0. The number of aliphatic hydroxyl groups is 1. The predicted molar refractivity (Wildman–Crippen MR) is 67.3 cm³/mol. The van der Waals surface area contributed by atoms with E-state index in [9.17, 15) is 4.79 Å². The van der Waals surface area contributed by atoms with Crippen molar-refractivity contribution < 1.29 is 9.90 Å². The van der Waals surface area contributed by atoms with Crippen LogP contribution in [0.4, 0.5) is 5.69 Å². The molecule has 1 N–H and O–H groups in total. The summed E-state index contributed by atoms with van der Waals surface area (Å²) in [6.07, 6.45) is 0.607. The first-order valence-corrected chi connectivity index (χ1v) is 5.77. The summed E-state index contributed by atoms with van der Waals surface area (Å²) < 4.78 is 0. The van der Waals surface area contributed by atoms with Crippen LogP contribution in [0.25, 0.3) is 10.8 Å². The van der Waals surface area contributed by atoms with Crippen molar-refractivity contribution in [2.75, 3.05) is 18.1 Å². The summed E-state index contributed by atoms with van der Waals surface area (Å²) in [6.45, 7) is 0.680. The molecule has 3 rings (SSSR count). The molecule has 86 valence electrons. The van der Waals surface area contributed by atoms with Crippen molar-refractivity contribution in [2.45, 2.75) is 6.42 Å². The van der Waals surface area contributed by atoms with E-state index in [1.54, 1.807) is 4.90 Å². The van der Waals surface area contributed by atoms with E-state index >= 15 is 0 Å². The minimum Gasteiger partial charge on any atom is -0.396 e. The number of carbonyl (C=O) groups excluding carboxylic acids is 1. The van der Waals surface area contributed by atoms with E-state index in [1.807, 2.05) is 36.4 Å². The maximum Gasteiger partial charge on any atom is 0.258 e. The largest absolute Gasteiger partial charge is 0.396 e. The summed E-state index contributed by atoms with van der Waals surface area (Å²) >= 11 is 0. The molecule has 3 nitrogen and oxygen atoms in total. The summed E-state index contributed by atoms with van der Waals surface area (Å²) in [5.74, 6) is 0.0465. The molecule has 1 heterocycles. The quantitative estimate of drug-likeness (QED) is 0.873. The Morgan fingerprint density at radius 3 is 2.65 bits per heavy atom. The standard InChI is InChI=1S/C14H13NO2/c16-9-3-8-15-12-7-2-5-10-4-1-6-11(13(10)12)14(15)17/h1-2,4-7,16H,3,8-9H2. The Morgan fingerprint density at radius 2 is 1.88 bits per heavy atom. The highest BCUT2D eigenvalue weighted by atomic mass is 16.3. The minimum absolute atomic E-state index is 0.0465. The van der Waals surface area contributed by atoms with Gasteiger partial charge >= 0.3 is 0 Å². The molecule has 0 saturated heterocycles. The topological polar surface area (TPSA) is 40.5 Å². The smallest absolute Gasteiger partial charge is 0.258 e. The molecule has 1 aliphatic heterocycles. The van der Waals surface area contributed by atoms with E-state index in [0.717, 1.165) is 22.0 Å². The number of hydrogen-bond acceptors (Lipinski definition) is 2. The fourth-order valence-electron chi connectivity index (χ4n) is 2.43. The van der Waals surface area contributed by atoms with Crippen molar-refractivity contribution in [1.82, 2.24) is 0 Å². The molecule has 1 amide bonds. The Kier molecular flexibility index (Phi) is 2.34. The zero-order valence-corrected chi connectivity index (χ0v) is 9.39. The fourth-order valence-corrected chi connectivity index (χ4v) is 2.43. The molecule has 0 radical (unpaired) electrons. The zero-order chi connectivity index (χ0) is 11.8. The van der Waals surface area contributed by atoms with Gasteiger partial charge in [0.25, 0.3) is 5.91 Å². The molecule has 17 heavy (non-hydrogen) atoms. The SMILES string of the molecule is O=C1c2cccc3cccc(c23)N1CCCO. The molecule has 0 aliphatic carbocycles. The molecule has 3 heteroatoms. The number of carbonyl (C=O) groups is 1. The van der Waals surface area contributed by atoms with E-state index in [-0.39, 0.29) is 12.5 Å². The van der Waals surface area contributed by atoms with Crippen LogP contribution in [-0.4, -0.2) is 24.2 Å². The van der Waals surface area contributed by atoms with Gasteiger partial charge in [-0.25, -0.2) is 0 Å². The Morgan fingerprint density at radius 1 is 1.12 bits per heavy atom. The van der Waals surface area contributed by atoms with Crippen LogP contribution in [0.1, 0.15) is 16.8 Å². The molecule has 1 aliphatic rings. The third-order valence-electron chi connectivity index (χ3n) is 3.19. The Balaban J connectivity index is 2.17. The van der Waals surface area contributed by atoms with Crippen molar-refractivity contribution in [3.05, 3.63) is 42.0 Å². The molecular weight excluding hydrogens is 214 g/mol. The van der Waals surface area contributed by atoms with Crippen molar-refractivity contribution in [3.63, 3.8) is 0 Å². The summed E-state index contributed by atoms with van der Waals surface area (Å²) in [5, 5.41) is 11.0. The van der Waals surface area contributed by atoms with E-state index in [4.69, 9.17) is 5.11 Å². The van der Waals surface area contributed by atoms with E-state index in [0.29, 0.717) is 13.0 Å². The molecule has 2 aromatic carbocycles. The van der Waals surface area contributed by atoms with Crippen LogP contribution >= 0.6 is 0 Å². The van der Waals surface area contributed by atoms with Crippen LogP contribution in [-0.2, 0) is 0 Å². The normalized spacial score (nSPS) is 13.7. The van der Waals surface area contributed by atoms with Gasteiger partial charge in [-0.2, -0.15) is 0 Å². The van der Waals surface area contributed by atoms with Crippen molar-refractivity contribution >= 4 is 22.4 Å². The van der Waals surface area contributed by atoms with E-state index in [1.165, 1.54) is 0 Å². The highest BCUT2D eigenvalue weighted by Crippen LogP contribution is 2.36. The number of rotatable bonds is 3. The van der Waals surface area contributed by atoms with Crippen molar-refractivity contribution in [2.24, 2.45) is 0 Å². The summed E-state index contributed by atoms with van der Waals surface area (Å²) in [6, 6.07) is 11.7. The van der Waals surface area contributed by atoms with Gasteiger partial charge in [-0.15, -0.1) is 0 Å². The van der Waals surface area contributed by atoms with Gasteiger partial charge in [-0.1, -0.05) is 24.3 Å². The zero-order valence-electron chi connectivity index (χ0n) is 9.39. The summed E-state index contributed by atoms with van der Waals surface area (Å²) in [7, 11) is 0. The second kappa shape index (κ2) is 3.86. The maximum atomic E-state index is 12.2. The number of benzene rings is 2.